The molecule has 0 aliphatic rings. The molecule has 0 saturated heterocycles. The summed E-state index contributed by atoms with van der Waals surface area (Å²) in [5, 5.41) is 0. The Morgan fingerprint density at radius 3 is 2.32 bits per heavy atom. The van der Waals surface area contributed by atoms with E-state index in [0.717, 1.165) is 24.0 Å². The zero-order valence-corrected chi connectivity index (χ0v) is 12.9. The number of ketones is 1. The summed E-state index contributed by atoms with van der Waals surface area (Å²) < 4.78 is 0.910. The fraction of sp³-hybridized carbons (Fsp3) is 0.438. The minimum absolute atomic E-state index is 0. The van der Waals surface area contributed by atoms with Gasteiger partial charge in [-0.3, -0.25) is 4.79 Å². The first-order chi connectivity index (χ1) is 8.41. The van der Waals surface area contributed by atoms with Crippen molar-refractivity contribution in [3.63, 3.8) is 0 Å². The van der Waals surface area contributed by atoms with Gasteiger partial charge in [0.25, 0.3) is 0 Å². The van der Waals surface area contributed by atoms with Crippen LogP contribution in [0.3, 0.4) is 0 Å². The van der Waals surface area contributed by atoms with E-state index in [-0.39, 0.29) is 18.2 Å². The normalized spacial score (nSPS) is 10.7. The number of benzene rings is 1. The van der Waals surface area contributed by atoms with E-state index < -0.39 is 0 Å². The average Bonchev–Trinajstić information content (AvgIpc) is 2.29. The first-order valence-corrected chi connectivity index (χ1v) is 6.45. The lowest BCUT2D eigenvalue weighted by Crippen LogP contribution is -3.00. The molecule has 0 aromatic heterocycles. The molecule has 1 aromatic carbocycles. The van der Waals surface area contributed by atoms with E-state index in [1.165, 1.54) is 5.56 Å². The summed E-state index contributed by atoms with van der Waals surface area (Å²) in [7, 11) is 4.41. The summed E-state index contributed by atoms with van der Waals surface area (Å²) in [6.45, 7) is 7.48. The summed E-state index contributed by atoms with van der Waals surface area (Å²) in [6.07, 6.45) is 1.54. The van der Waals surface area contributed by atoms with Gasteiger partial charge in [0.2, 0.25) is 0 Å². The van der Waals surface area contributed by atoms with Crippen molar-refractivity contribution in [2.75, 3.05) is 20.6 Å². The van der Waals surface area contributed by atoms with E-state index in [1.807, 2.05) is 6.07 Å². The highest BCUT2D eigenvalue weighted by atomic mass is 35.5. The molecule has 0 aliphatic carbocycles. The maximum absolute atomic E-state index is 11.5. The maximum Gasteiger partial charge on any atom is 0.158 e. The molecule has 19 heavy (non-hydrogen) atoms. The summed E-state index contributed by atoms with van der Waals surface area (Å²) in [5.41, 5.74) is 2.01. The first kappa shape index (κ1) is 17.9. The van der Waals surface area contributed by atoms with Gasteiger partial charge in [0.1, 0.15) is 6.54 Å². The second-order valence-electron chi connectivity index (χ2n) is 5.61. The van der Waals surface area contributed by atoms with Crippen LogP contribution in [0.25, 0.3) is 0 Å². The fourth-order valence-electron chi connectivity index (χ4n) is 2.04. The summed E-state index contributed by atoms with van der Waals surface area (Å²) in [4.78, 5) is 11.5. The first-order valence-electron chi connectivity index (χ1n) is 6.45. The highest BCUT2D eigenvalue weighted by Crippen LogP contribution is 2.11. The molecule has 0 N–H and O–H groups in total. The molecule has 106 valence electrons. The number of rotatable bonds is 7. The van der Waals surface area contributed by atoms with Crippen LogP contribution >= 0.6 is 0 Å². The van der Waals surface area contributed by atoms with Crippen LogP contribution < -0.4 is 12.4 Å². The van der Waals surface area contributed by atoms with Crippen LogP contribution in [0.5, 0.6) is 0 Å². The van der Waals surface area contributed by atoms with Crippen LogP contribution in [-0.2, 0) is 11.3 Å². The molecule has 0 heterocycles. The van der Waals surface area contributed by atoms with Crippen molar-refractivity contribution in [3.8, 4) is 0 Å². The highest BCUT2D eigenvalue weighted by molar-refractivity contribution is 5.93. The van der Waals surface area contributed by atoms with Gasteiger partial charge in [0.15, 0.2) is 5.78 Å². The molecule has 0 radical (unpaired) electrons. The number of nitrogens with zero attached hydrogens (tertiary/aromatic N) is 1. The lowest BCUT2D eigenvalue weighted by molar-refractivity contribution is -0.903. The van der Waals surface area contributed by atoms with Gasteiger partial charge in [0, 0.05) is 18.4 Å². The molecule has 1 rings (SSSR count). The summed E-state index contributed by atoms with van der Waals surface area (Å²) >= 11 is 0. The standard InChI is InChI=1S/C16H24NO.ClH/c1-14(2)16(18)11-8-12-17(3,4)13-15-9-6-5-7-10-15;/h5-7,9-10H,1,8,11-13H2,2-4H3;1H/q+1;/p-1. The minimum Gasteiger partial charge on any atom is -1.00 e. The molecular weight excluding hydrogens is 258 g/mol. The second kappa shape index (κ2) is 8.13. The Labute approximate surface area is 123 Å². The molecule has 0 bridgehead atoms. The number of carbonyl (C=O) groups excluding carboxylic acids is 1. The van der Waals surface area contributed by atoms with Gasteiger partial charge in [-0.1, -0.05) is 36.9 Å². The lowest BCUT2D eigenvalue weighted by atomic mass is 10.1. The largest absolute Gasteiger partial charge is 1.00 e. The average molecular weight is 282 g/mol. The van der Waals surface area contributed by atoms with Gasteiger partial charge < -0.3 is 16.9 Å². The van der Waals surface area contributed by atoms with E-state index in [4.69, 9.17) is 0 Å². The van der Waals surface area contributed by atoms with Gasteiger partial charge >= 0.3 is 0 Å². The van der Waals surface area contributed by atoms with Crippen molar-refractivity contribution in [2.45, 2.75) is 26.3 Å². The van der Waals surface area contributed by atoms with E-state index in [1.54, 1.807) is 6.92 Å². The van der Waals surface area contributed by atoms with Gasteiger partial charge in [-0.25, -0.2) is 0 Å². The second-order valence-corrected chi connectivity index (χ2v) is 5.61. The topological polar surface area (TPSA) is 17.1 Å². The Balaban J connectivity index is 0.00000324. The van der Waals surface area contributed by atoms with Crippen LogP contribution in [0.2, 0.25) is 0 Å². The van der Waals surface area contributed by atoms with Gasteiger partial charge in [-0.2, -0.15) is 0 Å². The molecule has 3 heteroatoms. The van der Waals surface area contributed by atoms with Crippen LogP contribution in [0.1, 0.15) is 25.3 Å². The van der Waals surface area contributed by atoms with Crippen molar-refractivity contribution < 1.29 is 21.7 Å². The number of quaternary nitrogens is 1. The number of halogens is 1. The van der Waals surface area contributed by atoms with Crippen molar-refractivity contribution in [1.82, 2.24) is 0 Å². The number of hydrogen-bond donors (Lipinski definition) is 0. The molecule has 0 aliphatic heterocycles. The third kappa shape index (κ3) is 7.14. The Hall–Kier alpha value is -1.12. The fourth-order valence-corrected chi connectivity index (χ4v) is 2.04. The van der Waals surface area contributed by atoms with Crippen molar-refractivity contribution in [3.05, 3.63) is 48.0 Å². The third-order valence-corrected chi connectivity index (χ3v) is 3.10. The van der Waals surface area contributed by atoms with E-state index in [2.05, 4.69) is 44.9 Å². The van der Waals surface area contributed by atoms with E-state index in [9.17, 15) is 4.79 Å². The SMILES string of the molecule is C=C(C)C(=O)CCC[N+](C)(C)Cc1ccccc1.[Cl-]. The molecule has 0 unspecified atom stereocenters. The minimum atomic E-state index is 0. The molecule has 2 nitrogen and oxygen atoms in total. The Morgan fingerprint density at radius 1 is 1.21 bits per heavy atom. The van der Waals surface area contributed by atoms with Gasteiger partial charge in [-0.05, 0) is 12.5 Å². The predicted octanol–water partition coefficient (Wildman–Crippen LogP) is 0.192. The number of allylic oxidation sites excluding steroid dienone is 1. The zero-order chi connectivity index (χ0) is 13.6. The zero-order valence-electron chi connectivity index (χ0n) is 12.2. The molecule has 1 aromatic rings. The Bertz CT molecular complexity index is 412. The van der Waals surface area contributed by atoms with Crippen molar-refractivity contribution in [2.24, 2.45) is 0 Å². The summed E-state index contributed by atoms with van der Waals surface area (Å²) in [5.74, 6) is 0.190. The highest BCUT2D eigenvalue weighted by Gasteiger charge is 2.16. The molecule has 0 saturated carbocycles. The Kier molecular flexibility index (Phi) is 7.65. The van der Waals surface area contributed by atoms with Crippen molar-refractivity contribution in [1.29, 1.82) is 0 Å². The number of Topliss-reactive ketones (excluding diaryl/α,β-unsaturated/α-hetero) is 1. The van der Waals surface area contributed by atoms with Gasteiger partial charge in [-0.15, -0.1) is 0 Å². The number of carbonyl (C=O) groups is 1. The molecule has 0 amide bonds. The van der Waals surface area contributed by atoms with Crippen LogP contribution in [0, 0.1) is 0 Å². The quantitative estimate of drug-likeness (QED) is 0.515. The predicted molar refractivity (Wildman–Crippen MR) is 76.2 cm³/mol. The van der Waals surface area contributed by atoms with E-state index >= 15 is 0 Å². The summed E-state index contributed by atoms with van der Waals surface area (Å²) in [6, 6.07) is 10.5. The maximum atomic E-state index is 11.5. The lowest BCUT2D eigenvalue weighted by Gasteiger charge is -2.29. The number of hydrogen-bond acceptors (Lipinski definition) is 1. The van der Waals surface area contributed by atoms with Crippen LogP contribution in [-0.4, -0.2) is 30.9 Å². The van der Waals surface area contributed by atoms with Crippen LogP contribution in [0.4, 0.5) is 0 Å². The van der Waals surface area contributed by atoms with Crippen LogP contribution in [0.15, 0.2) is 42.5 Å². The molecule has 0 atom stereocenters. The molecular formula is C16H24ClNO. The smallest absolute Gasteiger partial charge is 0.158 e. The Morgan fingerprint density at radius 2 is 1.79 bits per heavy atom. The monoisotopic (exact) mass is 281 g/mol. The van der Waals surface area contributed by atoms with Crippen molar-refractivity contribution >= 4 is 5.78 Å². The molecule has 0 fully saturated rings. The van der Waals surface area contributed by atoms with E-state index in [0.29, 0.717) is 12.0 Å². The van der Waals surface area contributed by atoms with Gasteiger partial charge in [0.05, 0.1) is 20.6 Å². The third-order valence-electron chi connectivity index (χ3n) is 3.10. The molecule has 0 spiro atoms.